The zero-order valence-corrected chi connectivity index (χ0v) is 11.9. The first-order valence-corrected chi connectivity index (χ1v) is 7.01. The number of amides is 2. The van der Waals surface area contributed by atoms with E-state index in [0.717, 1.165) is 0 Å². The van der Waals surface area contributed by atoms with E-state index in [1.807, 2.05) is 0 Å². The first-order chi connectivity index (χ1) is 9.58. The van der Waals surface area contributed by atoms with Crippen molar-refractivity contribution in [2.45, 2.75) is 0 Å². The van der Waals surface area contributed by atoms with Gasteiger partial charge in [-0.05, 0) is 12.1 Å². The lowest BCUT2D eigenvalue weighted by molar-refractivity contribution is -0.124. The fourth-order valence-corrected chi connectivity index (χ4v) is 2.41. The highest BCUT2D eigenvalue weighted by atomic mass is 32.2. The van der Waals surface area contributed by atoms with E-state index in [0.29, 0.717) is 21.4 Å². The highest BCUT2D eigenvalue weighted by molar-refractivity contribution is 8.23. The van der Waals surface area contributed by atoms with Gasteiger partial charge in [-0.3, -0.25) is 9.59 Å². The van der Waals surface area contributed by atoms with Gasteiger partial charge in [0, 0.05) is 5.56 Å². The summed E-state index contributed by atoms with van der Waals surface area (Å²) in [5.74, 6) is 0.0341. The van der Waals surface area contributed by atoms with Crippen LogP contribution in [-0.4, -0.2) is 39.7 Å². The van der Waals surface area contributed by atoms with Gasteiger partial charge < -0.3 is 10.5 Å². The van der Waals surface area contributed by atoms with Crippen molar-refractivity contribution in [3.8, 4) is 5.75 Å². The molecule has 1 heterocycles. The Morgan fingerprint density at radius 1 is 1.55 bits per heavy atom. The summed E-state index contributed by atoms with van der Waals surface area (Å²) in [7, 11) is 0. The maximum absolute atomic E-state index is 11.5. The minimum atomic E-state index is -0.566. The number of ether oxygens (including phenoxy) is 1. The predicted octanol–water partition coefficient (Wildman–Crippen LogP) is 0.745. The lowest BCUT2D eigenvalue weighted by atomic mass is 10.2. The zero-order valence-electron chi connectivity index (χ0n) is 10.3. The number of hydrogen-bond donors (Lipinski definition) is 1. The molecule has 2 amide bonds. The molecule has 0 aliphatic carbocycles. The second-order valence-electron chi connectivity index (χ2n) is 3.80. The van der Waals surface area contributed by atoms with E-state index < -0.39 is 5.91 Å². The fourth-order valence-electron chi connectivity index (χ4n) is 1.45. The van der Waals surface area contributed by atoms with Crippen LogP contribution >= 0.6 is 24.0 Å². The molecular weight excluding hydrogens is 298 g/mol. The van der Waals surface area contributed by atoms with Gasteiger partial charge in [0.1, 0.15) is 5.75 Å². The largest absolute Gasteiger partial charge is 0.483 e. The van der Waals surface area contributed by atoms with Gasteiger partial charge in [-0.1, -0.05) is 36.1 Å². The van der Waals surface area contributed by atoms with E-state index in [-0.39, 0.29) is 12.5 Å². The van der Waals surface area contributed by atoms with Gasteiger partial charge in [0.2, 0.25) is 0 Å². The molecule has 1 aliphatic heterocycles. The van der Waals surface area contributed by atoms with Crippen molar-refractivity contribution in [3.63, 3.8) is 0 Å². The average molecular weight is 309 g/mol. The Balaban J connectivity index is 2.14. The Bertz CT molecular complexity index is 573. The van der Waals surface area contributed by atoms with Gasteiger partial charge in [-0.2, -0.15) is 10.1 Å². The number of carbonyl (C=O) groups excluding carboxylic acids is 2. The van der Waals surface area contributed by atoms with Crippen molar-refractivity contribution in [2.24, 2.45) is 10.8 Å². The summed E-state index contributed by atoms with van der Waals surface area (Å²) in [6.45, 7) is -0.220. The molecule has 0 radical (unpaired) electrons. The van der Waals surface area contributed by atoms with E-state index in [9.17, 15) is 9.59 Å². The van der Waals surface area contributed by atoms with Gasteiger partial charge in [0.15, 0.2) is 10.9 Å². The molecule has 0 unspecified atom stereocenters. The number of hydrazone groups is 1. The van der Waals surface area contributed by atoms with Crippen LogP contribution in [0.15, 0.2) is 29.4 Å². The number of hydrogen-bond acceptors (Lipinski definition) is 6. The second-order valence-corrected chi connectivity index (χ2v) is 5.41. The van der Waals surface area contributed by atoms with Crippen molar-refractivity contribution in [3.05, 3.63) is 29.8 Å². The number of para-hydroxylation sites is 1. The minimum Gasteiger partial charge on any atom is -0.483 e. The molecule has 0 saturated carbocycles. The minimum absolute atomic E-state index is 0.160. The average Bonchev–Trinajstić information content (AvgIpc) is 2.74. The maximum atomic E-state index is 11.5. The fraction of sp³-hybridized carbons (Fsp3) is 0.167. The lowest BCUT2D eigenvalue weighted by Crippen LogP contribution is -2.22. The molecule has 1 fully saturated rings. The molecule has 8 heteroatoms. The molecule has 1 aromatic carbocycles. The van der Waals surface area contributed by atoms with Gasteiger partial charge in [0.05, 0.1) is 12.0 Å². The maximum Gasteiger partial charge on any atom is 0.259 e. The topological polar surface area (TPSA) is 85.0 Å². The normalized spacial score (nSPS) is 15.1. The third-order valence-electron chi connectivity index (χ3n) is 2.33. The smallest absolute Gasteiger partial charge is 0.259 e. The third kappa shape index (κ3) is 3.55. The van der Waals surface area contributed by atoms with E-state index >= 15 is 0 Å². The Labute approximate surface area is 124 Å². The van der Waals surface area contributed by atoms with Crippen LogP contribution in [0.3, 0.4) is 0 Å². The Hall–Kier alpha value is -1.93. The Kier molecular flexibility index (Phi) is 4.70. The summed E-state index contributed by atoms with van der Waals surface area (Å²) in [6, 6.07) is 6.98. The Morgan fingerprint density at radius 3 is 2.95 bits per heavy atom. The number of nitrogens with zero attached hydrogens (tertiary/aromatic N) is 2. The third-order valence-corrected chi connectivity index (χ3v) is 3.67. The molecule has 0 atom stereocenters. The quantitative estimate of drug-likeness (QED) is 0.641. The molecule has 0 aromatic heterocycles. The molecule has 2 rings (SSSR count). The van der Waals surface area contributed by atoms with Crippen LogP contribution in [-0.2, 0) is 9.59 Å². The number of thiocarbonyl (C=S) groups is 1. The number of rotatable bonds is 5. The van der Waals surface area contributed by atoms with Crippen LogP contribution in [0.5, 0.6) is 5.75 Å². The van der Waals surface area contributed by atoms with Gasteiger partial charge >= 0.3 is 0 Å². The summed E-state index contributed by atoms with van der Waals surface area (Å²) < 4.78 is 5.68. The van der Waals surface area contributed by atoms with Crippen LogP contribution in [0.4, 0.5) is 0 Å². The van der Waals surface area contributed by atoms with Crippen LogP contribution in [0.25, 0.3) is 0 Å². The van der Waals surface area contributed by atoms with E-state index in [2.05, 4.69) is 5.10 Å². The molecule has 6 nitrogen and oxygen atoms in total. The van der Waals surface area contributed by atoms with E-state index in [1.54, 1.807) is 24.3 Å². The summed E-state index contributed by atoms with van der Waals surface area (Å²) in [6.07, 6.45) is 1.46. The number of primary amides is 1. The zero-order chi connectivity index (χ0) is 14.5. The van der Waals surface area contributed by atoms with Gasteiger partial charge in [-0.25, -0.2) is 0 Å². The molecule has 104 valence electrons. The van der Waals surface area contributed by atoms with Crippen LogP contribution in [0.2, 0.25) is 0 Å². The van der Waals surface area contributed by atoms with Gasteiger partial charge in [-0.15, -0.1) is 0 Å². The van der Waals surface area contributed by atoms with Crippen LogP contribution in [0, 0.1) is 0 Å². The number of nitrogens with two attached hydrogens (primary N) is 1. The van der Waals surface area contributed by atoms with E-state index in [4.69, 9.17) is 22.7 Å². The van der Waals surface area contributed by atoms with Crippen molar-refractivity contribution < 1.29 is 14.3 Å². The number of thioether (sulfide) groups is 1. The monoisotopic (exact) mass is 309 g/mol. The lowest BCUT2D eigenvalue weighted by Gasteiger charge is -2.09. The first-order valence-electron chi connectivity index (χ1n) is 5.62. The molecule has 0 spiro atoms. The van der Waals surface area contributed by atoms with Gasteiger partial charge in [0.25, 0.3) is 11.8 Å². The molecule has 20 heavy (non-hydrogen) atoms. The standard InChI is InChI=1S/C12H11N3O3S2/c13-10(16)6-18-9-4-2-1-3-8(9)5-14-15-11(17)7-20-12(15)19/h1-5H,6-7H2,(H2,13,16)/b14-5+. The number of carbonyl (C=O) groups is 2. The van der Waals surface area contributed by atoms with E-state index in [1.165, 1.54) is 23.0 Å². The first kappa shape index (κ1) is 14.5. The highest BCUT2D eigenvalue weighted by Gasteiger charge is 2.26. The van der Waals surface area contributed by atoms with Crippen LogP contribution < -0.4 is 10.5 Å². The summed E-state index contributed by atoms with van der Waals surface area (Å²) in [4.78, 5) is 22.2. The summed E-state index contributed by atoms with van der Waals surface area (Å²) in [5.41, 5.74) is 5.66. The second kappa shape index (κ2) is 6.49. The molecule has 0 bridgehead atoms. The molecule has 2 N–H and O–H groups in total. The number of benzene rings is 1. The molecule has 1 saturated heterocycles. The summed E-state index contributed by atoms with van der Waals surface area (Å²) in [5, 5.41) is 5.22. The van der Waals surface area contributed by atoms with Crippen molar-refractivity contribution in [1.82, 2.24) is 5.01 Å². The van der Waals surface area contributed by atoms with Crippen molar-refractivity contribution >= 4 is 46.3 Å². The molecule has 1 aliphatic rings. The summed E-state index contributed by atoms with van der Waals surface area (Å²) >= 11 is 6.28. The highest BCUT2D eigenvalue weighted by Crippen LogP contribution is 2.20. The van der Waals surface area contributed by atoms with Crippen LogP contribution in [0.1, 0.15) is 5.56 Å². The predicted molar refractivity (Wildman–Crippen MR) is 80.6 cm³/mol. The van der Waals surface area contributed by atoms with Crippen molar-refractivity contribution in [1.29, 1.82) is 0 Å². The SMILES string of the molecule is NC(=O)COc1ccccc1/C=N/N1C(=O)CSC1=S. The van der Waals surface area contributed by atoms with Crippen molar-refractivity contribution in [2.75, 3.05) is 12.4 Å². The molecule has 1 aromatic rings. The Morgan fingerprint density at radius 2 is 2.30 bits per heavy atom. The molecular formula is C12H11N3O3S2.